The predicted molar refractivity (Wildman–Crippen MR) is 73.0 cm³/mol. The van der Waals surface area contributed by atoms with Gasteiger partial charge < -0.3 is 10.5 Å². The van der Waals surface area contributed by atoms with Crippen LogP contribution in [0.25, 0.3) is 0 Å². The standard InChI is InChI=1S/C13H12ClN3O/c1-18-13-8-11(6-7-12(13)15)17-16-10-4-2-9(14)3-5-10/h2-8H,15H2,1H3. The van der Waals surface area contributed by atoms with Crippen LogP contribution in [0.15, 0.2) is 52.7 Å². The molecule has 0 amide bonds. The van der Waals surface area contributed by atoms with E-state index in [2.05, 4.69) is 10.2 Å². The topological polar surface area (TPSA) is 60.0 Å². The number of hydrogen-bond acceptors (Lipinski definition) is 4. The summed E-state index contributed by atoms with van der Waals surface area (Å²) in [5.41, 5.74) is 7.69. The molecule has 2 aromatic rings. The summed E-state index contributed by atoms with van der Waals surface area (Å²) in [5, 5.41) is 8.86. The van der Waals surface area contributed by atoms with Crippen LogP contribution in [-0.2, 0) is 0 Å². The largest absolute Gasteiger partial charge is 0.495 e. The van der Waals surface area contributed by atoms with Crippen molar-refractivity contribution in [2.75, 3.05) is 12.8 Å². The molecule has 0 aromatic heterocycles. The second kappa shape index (κ2) is 5.51. The van der Waals surface area contributed by atoms with Gasteiger partial charge in [0.15, 0.2) is 0 Å². The Balaban J connectivity index is 2.20. The van der Waals surface area contributed by atoms with Crippen molar-refractivity contribution >= 4 is 28.7 Å². The maximum absolute atomic E-state index is 5.78. The van der Waals surface area contributed by atoms with E-state index in [0.29, 0.717) is 22.1 Å². The molecule has 0 spiro atoms. The van der Waals surface area contributed by atoms with E-state index in [-0.39, 0.29) is 0 Å². The zero-order valence-corrected chi connectivity index (χ0v) is 10.6. The molecule has 0 aliphatic heterocycles. The monoisotopic (exact) mass is 261 g/mol. The molecule has 0 aliphatic rings. The van der Waals surface area contributed by atoms with Crippen molar-refractivity contribution in [2.24, 2.45) is 10.2 Å². The molecule has 4 nitrogen and oxygen atoms in total. The number of nitrogens with zero attached hydrogens (tertiary/aromatic N) is 2. The van der Waals surface area contributed by atoms with Gasteiger partial charge >= 0.3 is 0 Å². The van der Waals surface area contributed by atoms with E-state index in [9.17, 15) is 0 Å². The number of anilines is 1. The van der Waals surface area contributed by atoms with Gasteiger partial charge in [0.25, 0.3) is 0 Å². The van der Waals surface area contributed by atoms with Crippen molar-refractivity contribution in [1.82, 2.24) is 0 Å². The number of hydrogen-bond donors (Lipinski definition) is 1. The van der Waals surface area contributed by atoms with E-state index in [0.717, 1.165) is 5.69 Å². The van der Waals surface area contributed by atoms with Crippen LogP contribution < -0.4 is 10.5 Å². The average molecular weight is 262 g/mol. The third kappa shape index (κ3) is 2.99. The van der Waals surface area contributed by atoms with E-state index in [4.69, 9.17) is 22.1 Å². The van der Waals surface area contributed by atoms with Gasteiger partial charge in [0.05, 0.1) is 24.2 Å². The Labute approximate surface area is 110 Å². The molecule has 0 atom stereocenters. The molecule has 0 heterocycles. The Hall–Kier alpha value is -2.07. The average Bonchev–Trinajstić information content (AvgIpc) is 2.39. The zero-order valence-electron chi connectivity index (χ0n) is 9.80. The molecule has 18 heavy (non-hydrogen) atoms. The van der Waals surface area contributed by atoms with Gasteiger partial charge in [0.2, 0.25) is 0 Å². The maximum Gasteiger partial charge on any atom is 0.143 e. The normalized spacial score (nSPS) is 10.8. The smallest absolute Gasteiger partial charge is 0.143 e. The van der Waals surface area contributed by atoms with Crippen molar-refractivity contribution < 1.29 is 4.74 Å². The second-order valence-electron chi connectivity index (χ2n) is 3.60. The predicted octanol–water partition coefficient (Wildman–Crippen LogP) is 4.35. The van der Waals surface area contributed by atoms with E-state index in [1.165, 1.54) is 0 Å². The van der Waals surface area contributed by atoms with Crippen LogP contribution in [0, 0.1) is 0 Å². The number of benzene rings is 2. The van der Waals surface area contributed by atoms with Crippen molar-refractivity contribution in [3.63, 3.8) is 0 Å². The van der Waals surface area contributed by atoms with Gasteiger partial charge in [-0.05, 0) is 36.4 Å². The summed E-state index contributed by atoms with van der Waals surface area (Å²) in [7, 11) is 1.56. The van der Waals surface area contributed by atoms with Crippen LogP contribution in [0.2, 0.25) is 5.02 Å². The molecule has 2 N–H and O–H groups in total. The van der Waals surface area contributed by atoms with Crippen molar-refractivity contribution in [1.29, 1.82) is 0 Å². The van der Waals surface area contributed by atoms with Crippen molar-refractivity contribution in [2.45, 2.75) is 0 Å². The number of halogens is 1. The molecule has 0 saturated heterocycles. The molecule has 5 heteroatoms. The molecule has 92 valence electrons. The lowest BCUT2D eigenvalue weighted by molar-refractivity contribution is 0.417. The third-order valence-electron chi connectivity index (χ3n) is 2.32. The van der Waals surface area contributed by atoms with Crippen LogP contribution in [0.3, 0.4) is 0 Å². The highest BCUT2D eigenvalue weighted by atomic mass is 35.5. The van der Waals surface area contributed by atoms with Crippen LogP contribution in [0.5, 0.6) is 5.75 Å². The van der Waals surface area contributed by atoms with Gasteiger partial charge in [-0.2, -0.15) is 10.2 Å². The first-order valence-corrected chi connectivity index (χ1v) is 5.67. The summed E-state index contributed by atoms with van der Waals surface area (Å²) < 4.78 is 5.11. The lowest BCUT2D eigenvalue weighted by Crippen LogP contribution is -1.90. The molecule has 0 bridgehead atoms. The molecule has 0 radical (unpaired) electrons. The number of nitrogens with two attached hydrogens (primary N) is 1. The number of azo groups is 1. The lowest BCUT2D eigenvalue weighted by Gasteiger charge is -2.03. The summed E-state index contributed by atoms with van der Waals surface area (Å²) in [4.78, 5) is 0. The fourth-order valence-electron chi connectivity index (χ4n) is 1.39. The molecule has 0 saturated carbocycles. The Morgan fingerprint density at radius 1 is 1.00 bits per heavy atom. The minimum atomic E-state index is 0.572. The molecule has 0 fully saturated rings. The van der Waals surface area contributed by atoms with Gasteiger partial charge in [0.1, 0.15) is 5.75 Å². The summed E-state index contributed by atoms with van der Waals surface area (Å²) in [6.07, 6.45) is 0. The molecular formula is C13H12ClN3O. The van der Waals surface area contributed by atoms with Crippen LogP contribution in [0.1, 0.15) is 0 Å². The van der Waals surface area contributed by atoms with Gasteiger partial charge in [-0.25, -0.2) is 0 Å². The number of nitrogen functional groups attached to an aromatic ring is 1. The second-order valence-corrected chi connectivity index (χ2v) is 4.04. The van der Waals surface area contributed by atoms with Gasteiger partial charge in [-0.1, -0.05) is 11.6 Å². The van der Waals surface area contributed by atoms with Crippen molar-refractivity contribution in [3.05, 3.63) is 47.5 Å². The Kier molecular flexibility index (Phi) is 3.79. The third-order valence-corrected chi connectivity index (χ3v) is 2.58. The summed E-state index contributed by atoms with van der Waals surface area (Å²) in [6, 6.07) is 12.3. The van der Waals surface area contributed by atoms with E-state index in [1.807, 2.05) is 0 Å². The van der Waals surface area contributed by atoms with Crippen LogP contribution in [0.4, 0.5) is 17.1 Å². The molecule has 0 unspecified atom stereocenters. The van der Waals surface area contributed by atoms with Crippen LogP contribution >= 0.6 is 11.6 Å². The quantitative estimate of drug-likeness (QED) is 0.660. The summed E-state index contributed by atoms with van der Waals surface area (Å²) in [6.45, 7) is 0. The van der Waals surface area contributed by atoms with E-state index < -0.39 is 0 Å². The summed E-state index contributed by atoms with van der Waals surface area (Å²) >= 11 is 5.78. The molecule has 0 aliphatic carbocycles. The molecule has 2 rings (SSSR count). The van der Waals surface area contributed by atoms with Gasteiger partial charge in [0, 0.05) is 11.1 Å². The minimum absolute atomic E-state index is 0.572. The Bertz CT molecular complexity index is 567. The zero-order chi connectivity index (χ0) is 13.0. The highest BCUT2D eigenvalue weighted by Crippen LogP contribution is 2.28. The highest BCUT2D eigenvalue weighted by molar-refractivity contribution is 6.30. The number of rotatable bonds is 3. The van der Waals surface area contributed by atoms with E-state index in [1.54, 1.807) is 49.6 Å². The number of ether oxygens (including phenoxy) is 1. The Morgan fingerprint density at radius 3 is 2.28 bits per heavy atom. The van der Waals surface area contributed by atoms with Gasteiger partial charge in [-0.3, -0.25) is 0 Å². The first-order valence-electron chi connectivity index (χ1n) is 5.30. The summed E-state index contributed by atoms with van der Waals surface area (Å²) in [5.74, 6) is 0.586. The maximum atomic E-state index is 5.78. The number of methoxy groups -OCH3 is 1. The van der Waals surface area contributed by atoms with Crippen molar-refractivity contribution in [3.8, 4) is 5.75 Å². The SMILES string of the molecule is COc1cc(N=Nc2ccc(Cl)cc2)ccc1N. The highest BCUT2D eigenvalue weighted by Gasteiger charge is 1.99. The molecule has 2 aromatic carbocycles. The fraction of sp³-hybridized carbons (Fsp3) is 0.0769. The first kappa shape index (κ1) is 12.4. The first-order chi connectivity index (χ1) is 8.69. The van der Waals surface area contributed by atoms with E-state index >= 15 is 0 Å². The lowest BCUT2D eigenvalue weighted by atomic mass is 10.2. The van der Waals surface area contributed by atoms with Gasteiger partial charge in [-0.15, -0.1) is 0 Å². The fourth-order valence-corrected chi connectivity index (χ4v) is 1.51. The molecular weight excluding hydrogens is 250 g/mol. The minimum Gasteiger partial charge on any atom is -0.495 e. The Morgan fingerprint density at radius 2 is 1.61 bits per heavy atom. The van der Waals surface area contributed by atoms with Crippen LogP contribution in [-0.4, -0.2) is 7.11 Å².